The van der Waals surface area contributed by atoms with Gasteiger partial charge in [0, 0.05) is 11.8 Å². The van der Waals surface area contributed by atoms with Crippen LogP contribution < -0.4 is 15.8 Å². The number of carboxylic acid groups (broad SMARTS) is 1. The minimum absolute atomic E-state index is 0.207. The number of nitrogens with two attached hydrogens (primary N) is 1. The van der Waals surface area contributed by atoms with Crippen molar-refractivity contribution in [3.8, 4) is 5.75 Å². The van der Waals surface area contributed by atoms with Gasteiger partial charge < -0.3 is 15.6 Å². The van der Waals surface area contributed by atoms with Crippen molar-refractivity contribution in [3.63, 3.8) is 0 Å². The van der Waals surface area contributed by atoms with Gasteiger partial charge in [0.1, 0.15) is 10.1 Å². The van der Waals surface area contributed by atoms with E-state index in [0.29, 0.717) is 11.4 Å². The number of rotatable bonds is 6. The van der Waals surface area contributed by atoms with Crippen LogP contribution >= 0.6 is 22.9 Å². The molecule has 0 bridgehead atoms. The van der Waals surface area contributed by atoms with E-state index in [1.54, 1.807) is 38.1 Å². The number of aromatic nitrogens is 1. The van der Waals surface area contributed by atoms with Crippen molar-refractivity contribution in [2.24, 2.45) is 0 Å². The van der Waals surface area contributed by atoms with Gasteiger partial charge in [-0.05, 0) is 26.0 Å². The standard InChI is InChI=1S/C15H16ClN3O4S/c1-15(2,23-9-5-3-4-8(17)6-9)13(22)19-14-18-10(7-11(20)21)12(16)24-14/h3-6H,7,17H2,1-2H3,(H,20,21)(H,18,19,22). The van der Waals surface area contributed by atoms with Crippen LogP contribution in [0.4, 0.5) is 10.8 Å². The number of amides is 1. The number of carbonyl (C=O) groups is 2. The SMILES string of the molecule is CC(C)(Oc1cccc(N)c1)C(=O)Nc1nc(CC(=O)O)c(Cl)s1. The number of hydrogen-bond donors (Lipinski definition) is 3. The van der Waals surface area contributed by atoms with Crippen molar-refractivity contribution in [2.45, 2.75) is 25.9 Å². The predicted octanol–water partition coefficient (Wildman–Crippen LogP) is 2.80. The maximum absolute atomic E-state index is 12.4. The normalized spacial score (nSPS) is 11.1. The minimum Gasteiger partial charge on any atom is -0.481 e. The van der Waals surface area contributed by atoms with Gasteiger partial charge in [-0.3, -0.25) is 14.9 Å². The van der Waals surface area contributed by atoms with E-state index in [0.717, 1.165) is 11.3 Å². The van der Waals surface area contributed by atoms with Gasteiger partial charge in [0.15, 0.2) is 10.7 Å². The third-order valence-corrected chi connectivity index (χ3v) is 4.22. The number of benzene rings is 1. The zero-order valence-electron chi connectivity index (χ0n) is 13.0. The first-order valence-corrected chi connectivity index (χ1v) is 8.10. The zero-order chi connectivity index (χ0) is 17.9. The van der Waals surface area contributed by atoms with Crippen molar-refractivity contribution in [2.75, 3.05) is 11.1 Å². The fourth-order valence-electron chi connectivity index (χ4n) is 1.81. The molecule has 7 nitrogen and oxygen atoms in total. The van der Waals surface area contributed by atoms with Crippen LogP contribution in [0.2, 0.25) is 4.34 Å². The Morgan fingerprint density at radius 2 is 2.17 bits per heavy atom. The summed E-state index contributed by atoms with van der Waals surface area (Å²) in [6, 6.07) is 6.73. The molecule has 0 saturated carbocycles. The summed E-state index contributed by atoms with van der Waals surface area (Å²) in [4.78, 5) is 27.2. The topological polar surface area (TPSA) is 115 Å². The first-order valence-electron chi connectivity index (χ1n) is 6.90. The first kappa shape index (κ1) is 18.0. The number of nitrogens with one attached hydrogen (secondary N) is 1. The second-order valence-corrected chi connectivity index (χ2v) is 7.05. The van der Waals surface area contributed by atoms with E-state index in [1.807, 2.05) is 0 Å². The largest absolute Gasteiger partial charge is 0.481 e. The summed E-state index contributed by atoms with van der Waals surface area (Å²) >= 11 is 6.92. The quantitative estimate of drug-likeness (QED) is 0.674. The lowest BCUT2D eigenvalue weighted by Gasteiger charge is -2.24. The predicted molar refractivity (Wildman–Crippen MR) is 92.7 cm³/mol. The van der Waals surface area contributed by atoms with Gasteiger partial charge in [-0.25, -0.2) is 4.98 Å². The molecule has 9 heteroatoms. The smallest absolute Gasteiger partial charge is 0.309 e. The van der Waals surface area contributed by atoms with Gasteiger partial charge in [-0.15, -0.1) is 0 Å². The molecule has 0 aliphatic rings. The highest BCUT2D eigenvalue weighted by molar-refractivity contribution is 7.19. The van der Waals surface area contributed by atoms with E-state index in [4.69, 9.17) is 27.2 Å². The molecule has 1 aromatic heterocycles. The Kier molecular flexibility index (Phi) is 5.30. The zero-order valence-corrected chi connectivity index (χ0v) is 14.6. The fourth-order valence-corrected chi connectivity index (χ4v) is 2.84. The van der Waals surface area contributed by atoms with Crippen molar-refractivity contribution < 1.29 is 19.4 Å². The third kappa shape index (κ3) is 4.59. The average Bonchev–Trinajstić information content (AvgIpc) is 2.77. The molecule has 0 unspecified atom stereocenters. The van der Waals surface area contributed by atoms with Gasteiger partial charge >= 0.3 is 5.97 Å². The maximum Gasteiger partial charge on any atom is 0.309 e. The molecule has 128 valence electrons. The van der Waals surface area contributed by atoms with Gasteiger partial charge in [-0.1, -0.05) is 29.0 Å². The lowest BCUT2D eigenvalue weighted by atomic mass is 10.1. The Morgan fingerprint density at radius 3 is 2.79 bits per heavy atom. The number of aliphatic carboxylic acids is 1. The summed E-state index contributed by atoms with van der Waals surface area (Å²) in [6.07, 6.45) is -0.311. The second kappa shape index (κ2) is 7.06. The average molecular weight is 370 g/mol. The molecule has 4 N–H and O–H groups in total. The molecule has 0 fully saturated rings. The molecule has 2 aromatic rings. The molecule has 2 rings (SSSR count). The maximum atomic E-state index is 12.4. The minimum atomic E-state index is -1.20. The number of hydrogen-bond acceptors (Lipinski definition) is 6. The van der Waals surface area contributed by atoms with Gasteiger partial charge in [0.05, 0.1) is 12.1 Å². The number of nitrogens with zero attached hydrogens (tertiary/aromatic N) is 1. The van der Waals surface area contributed by atoms with Crippen molar-refractivity contribution in [3.05, 3.63) is 34.3 Å². The highest BCUT2D eigenvalue weighted by Crippen LogP contribution is 2.29. The first-order chi connectivity index (χ1) is 11.2. The molecule has 0 saturated heterocycles. The monoisotopic (exact) mass is 369 g/mol. The van der Waals surface area contributed by atoms with Crippen LogP contribution in [0.3, 0.4) is 0 Å². The van der Waals surface area contributed by atoms with E-state index in [9.17, 15) is 9.59 Å². The number of anilines is 2. The molecule has 1 amide bonds. The number of carboxylic acids is 1. The number of halogens is 1. The van der Waals surface area contributed by atoms with Crippen LogP contribution in [0.5, 0.6) is 5.75 Å². The van der Waals surface area contributed by atoms with Gasteiger partial charge in [0.25, 0.3) is 5.91 Å². The fraction of sp³-hybridized carbons (Fsp3) is 0.267. The Labute approximate surface area is 147 Å². The molecule has 0 radical (unpaired) electrons. The van der Waals surface area contributed by atoms with Crippen LogP contribution in [0.25, 0.3) is 0 Å². The summed E-state index contributed by atoms with van der Waals surface area (Å²) in [7, 11) is 0. The van der Waals surface area contributed by atoms with E-state index in [-0.39, 0.29) is 21.6 Å². The second-order valence-electron chi connectivity index (χ2n) is 5.45. The Balaban J connectivity index is 2.09. The molecule has 0 aliphatic carbocycles. The van der Waals surface area contributed by atoms with Gasteiger partial charge in [-0.2, -0.15) is 0 Å². The van der Waals surface area contributed by atoms with Crippen LogP contribution in [0, 0.1) is 0 Å². The Hall–Kier alpha value is -2.32. The van der Waals surface area contributed by atoms with E-state index < -0.39 is 17.5 Å². The summed E-state index contributed by atoms with van der Waals surface area (Å²) in [5.74, 6) is -1.04. The molecular weight excluding hydrogens is 354 g/mol. The molecule has 0 atom stereocenters. The van der Waals surface area contributed by atoms with E-state index >= 15 is 0 Å². The molecular formula is C15H16ClN3O4S. The van der Waals surface area contributed by atoms with E-state index in [2.05, 4.69) is 10.3 Å². The van der Waals surface area contributed by atoms with Crippen molar-refractivity contribution in [1.29, 1.82) is 0 Å². The van der Waals surface area contributed by atoms with Crippen molar-refractivity contribution >= 4 is 45.6 Å². The van der Waals surface area contributed by atoms with Crippen LogP contribution in [0.1, 0.15) is 19.5 Å². The lowest BCUT2D eigenvalue weighted by Crippen LogP contribution is -2.42. The number of thiazole rings is 1. The molecule has 1 heterocycles. The molecule has 24 heavy (non-hydrogen) atoms. The van der Waals surface area contributed by atoms with Crippen molar-refractivity contribution in [1.82, 2.24) is 4.98 Å². The van der Waals surface area contributed by atoms with Crippen LogP contribution in [0.15, 0.2) is 24.3 Å². The highest BCUT2D eigenvalue weighted by atomic mass is 35.5. The third-order valence-electron chi connectivity index (χ3n) is 2.97. The highest BCUT2D eigenvalue weighted by Gasteiger charge is 2.31. The molecule has 1 aromatic carbocycles. The summed E-state index contributed by atoms with van der Waals surface area (Å²) in [5, 5.41) is 11.6. The Bertz CT molecular complexity index is 776. The number of carbonyl (C=O) groups excluding carboxylic acids is 1. The molecule has 0 aliphatic heterocycles. The Morgan fingerprint density at radius 1 is 1.46 bits per heavy atom. The summed E-state index contributed by atoms with van der Waals surface area (Å²) in [6.45, 7) is 3.19. The van der Waals surface area contributed by atoms with Crippen LogP contribution in [-0.2, 0) is 16.0 Å². The summed E-state index contributed by atoms with van der Waals surface area (Å²) < 4.78 is 5.90. The van der Waals surface area contributed by atoms with E-state index in [1.165, 1.54) is 0 Å². The lowest BCUT2D eigenvalue weighted by molar-refractivity contribution is -0.136. The molecule has 0 spiro atoms. The van der Waals surface area contributed by atoms with Gasteiger partial charge in [0.2, 0.25) is 0 Å². The number of ether oxygens (including phenoxy) is 1. The summed E-state index contributed by atoms with van der Waals surface area (Å²) in [5.41, 5.74) is 5.22. The van der Waals surface area contributed by atoms with Crippen LogP contribution in [-0.4, -0.2) is 27.6 Å². The number of nitrogen functional groups attached to an aromatic ring is 1.